The van der Waals surface area contributed by atoms with Crippen LogP contribution in [0.25, 0.3) is 0 Å². The number of halogens is 6. The molecule has 9 nitrogen and oxygen atoms in total. The molecule has 0 unspecified atom stereocenters. The Balaban J connectivity index is 0.000000563. The number of benzene rings is 3. The smallest absolute Gasteiger partial charge is 0.416 e. The topological polar surface area (TPSA) is 131 Å². The summed E-state index contributed by atoms with van der Waals surface area (Å²) in [6.45, 7) is 0.125. The summed E-state index contributed by atoms with van der Waals surface area (Å²) in [5.41, 5.74) is 2.98. The average molecular weight is 757 g/mol. The van der Waals surface area contributed by atoms with Crippen molar-refractivity contribution < 1.29 is 49.1 Å². The van der Waals surface area contributed by atoms with Crippen molar-refractivity contribution in [3.63, 3.8) is 0 Å². The van der Waals surface area contributed by atoms with E-state index in [1.54, 1.807) is 54.6 Å². The Hall–Kier alpha value is -4.45. The molecule has 5 rings (SSSR count). The quantitative estimate of drug-likeness (QED) is 0.160. The van der Waals surface area contributed by atoms with Gasteiger partial charge in [0.2, 0.25) is 5.91 Å². The summed E-state index contributed by atoms with van der Waals surface area (Å²) in [6.07, 6.45) is -9.23. The summed E-state index contributed by atoms with van der Waals surface area (Å²) in [4.78, 5) is 23.5. The van der Waals surface area contributed by atoms with Gasteiger partial charge in [-0.15, -0.1) is 11.3 Å². The molecule has 0 spiro atoms. The zero-order valence-corrected chi connectivity index (χ0v) is 28.7. The highest BCUT2D eigenvalue weighted by Crippen LogP contribution is 2.36. The number of amides is 2. The molecule has 0 aliphatic carbocycles. The Morgan fingerprint density at radius 2 is 1.45 bits per heavy atom. The van der Waals surface area contributed by atoms with E-state index in [0.29, 0.717) is 46.7 Å². The summed E-state index contributed by atoms with van der Waals surface area (Å²) >= 11 is 1.02. The van der Waals surface area contributed by atoms with Crippen molar-refractivity contribution in [1.82, 2.24) is 14.9 Å². The van der Waals surface area contributed by atoms with Gasteiger partial charge >= 0.3 is 12.4 Å². The number of nitrogens with zero attached hydrogens (tertiary/aromatic N) is 1. The van der Waals surface area contributed by atoms with E-state index in [-0.39, 0.29) is 59.9 Å². The molecule has 17 heteroatoms. The monoisotopic (exact) mass is 756 g/mol. The van der Waals surface area contributed by atoms with Crippen LogP contribution in [0.1, 0.15) is 55.1 Å². The van der Waals surface area contributed by atoms with Crippen LogP contribution in [-0.2, 0) is 35.5 Å². The van der Waals surface area contributed by atoms with Crippen molar-refractivity contribution in [2.45, 2.75) is 48.5 Å². The fourth-order valence-corrected chi connectivity index (χ4v) is 7.96. The molecule has 4 N–H and O–H groups in total. The molecular weight excluding hydrogens is 723 g/mol. The van der Waals surface area contributed by atoms with E-state index in [9.17, 15) is 44.3 Å². The van der Waals surface area contributed by atoms with E-state index >= 15 is 0 Å². The molecule has 0 bridgehead atoms. The molecule has 1 aliphatic heterocycles. The van der Waals surface area contributed by atoms with Gasteiger partial charge in [-0.3, -0.25) is 9.59 Å². The second-order valence-electron chi connectivity index (χ2n) is 11.3. The SMILES string of the molecule is COc1cccc(C(=O)NCc2ccc(S(=O)(=O)N3CCC(NCc4cc(C(F)(F)F)cc(C(F)(F)F)c4)CC3)s2)c1.NC(=O)c1ccccc1. The number of nitrogens with two attached hydrogens (primary N) is 1. The third kappa shape index (κ3) is 11.0. The van der Waals surface area contributed by atoms with Gasteiger partial charge in [-0.1, -0.05) is 24.3 Å². The Morgan fingerprint density at radius 3 is 2.00 bits per heavy atom. The molecule has 1 aromatic heterocycles. The van der Waals surface area contributed by atoms with Crippen LogP contribution in [0.3, 0.4) is 0 Å². The number of hydrogen-bond donors (Lipinski definition) is 3. The Kier molecular flexibility index (Phi) is 12.9. The normalized spacial score (nSPS) is 14.3. The van der Waals surface area contributed by atoms with Crippen molar-refractivity contribution in [3.8, 4) is 5.75 Å². The maximum absolute atomic E-state index is 13.2. The zero-order valence-electron chi connectivity index (χ0n) is 27.1. The lowest BCUT2D eigenvalue weighted by atomic mass is 10.0. The number of ether oxygens (including phenoxy) is 1. The highest BCUT2D eigenvalue weighted by Gasteiger charge is 2.37. The van der Waals surface area contributed by atoms with Crippen LogP contribution in [0.15, 0.2) is 89.1 Å². The van der Waals surface area contributed by atoms with Gasteiger partial charge in [0.1, 0.15) is 9.96 Å². The fraction of sp³-hybridized carbons (Fsp3) is 0.294. The molecule has 2 heterocycles. The molecular formula is C34H34F6N4O5S2. The van der Waals surface area contributed by atoms with Gasteiger partial charge in [0.25, 0.3) is 15.9 Å². The average Bonchev–Trinajstić information content (AvgIpc) is 3.60. The highest BCUT2D eigenvalue weighted by molar-refractivity contribution is 7.91. The van der Waals surface area contributed by atoms with Gasteiger partial charge in [-0.2, -0.15) is 30.6 Å². The summed E-state index contributed by atoms with van der Waals surface area (Å²) in [7, 11) is -2.34. The van der Waals surface area contributed by atoms with E-state index in [4.69, 9.17) is 10.5 Å². The Labute approximate surface area is 294 Å². The molecule has 1 saturated heterocycles. The van der Waals surface area contributed by atoms with Crippen LogP contribution < -0.4 is 21.1 Å². The molecule has 51 heavy (non-hydrogen) atoms. The van der Waals surface area contributed by atoms with E-state index in [1.807, 2.05) is 6.07 Å². The van der Waals surface area contributed by atoms with E-state index in [1.165, 1.54) is 17.5 Å². The number of alkyl halides is 6. The summed E-state index contributed by atoms with van der Waals surface area (Å²) in [6, 6.07) is 19.6. The van der Waals surface area contributed by atoms with Gasteiger partial charge < -0.3 is 21.1 Å². The lowest BCUT2D eigenvalue weighted by molar-refractivity contribution is -0.143. The molecule has 274 valence electrons. The summed E-state index contributed by atoms with van der Waals surface area (Å²) in [5.74, 6) is -0.200. The molecule has 1 aliphatic rings. The first kappa shape index (κ1) is 39.3. The highest BCUT2D eigenvalue weighted by atomic mass is 32.2. The fourth-order valence-electron chi connectivity index (χ4n) is 5.04. The predicted molar refractivity (Wildman–Crippen MR) is 179 cm³/mol. The number of carbonyl (C=O) groups excluding carboxylic acids is 2. The number of hydrogen-bond acceptors (Lipinski definition) is 7. The van der Waals surface area contributed by atoms with Gasteiger partial charge in [0.15, 0.2) is 0 Å². The van der Waals surface area contributed by atoms with Crippen molar-refractivity contribution in [1.29, 1.82) is 0 Å². The zero-order chi connectivity index (χ0) is 37.4. The Bertz CT molecular complexity index is 1880. The predicted octanol–water partition coefficient (Wildman–Crippen LogP) is 6.45. The van der Waals surface area contributed by atoms with E-state index < -0.39 is 33.5 Å². The first-order chi connectivity index (χ1) is 24.0. The minimum atomic E-state index is -4.93. The van der Waals surface area contributed by atoms with Crippen LogP contribution in [0.2, 0.25) is 0 Å². The van der Waals surface area contributed by atoms with Gasteiger partial charge in [-0.05, 0) is 79.1 Å². The van der Waals surface area contributed by atoms with Crippen LogP contribution in [0, 0.1) is 0 Å². The van der Waals surface area contributed by atoms with Gasteiger partial charge in [-0.25, -0.2) is 8.42 Å². The largest absolute Gasteiger partial charge is 0.497 e. The van der Waals surface area contributed by atoms with Crippen molar-refractivity contribution >= 4 is 33.2 Å². The number of sulfonamides is 1. The summed E-state index contributed by atoms with van der Waals surface area (Å²) in [5, 5.41) is 5.70. The van der Waals surface area contributed by atoms with Crippen LogP contribution in [0.5, 0.6) is 5.75 Å². The Morgan fingerprint density at radius 1 is 0.843 bits per heavy atom. The minimum Gasteiger partial charge on any atom is -0.497 e. The summed E-state index contributed by atoms with van der Waals surface area (Å²) < 4.78 is 112. The first-order valence-corrected chi connectivity index (χ1v) is 17.6. The molecule has 2 amide bonds. The molecule has 0 radical (unpaired) electrons. The number of primary amides is 1. The number of nitrogens with one attached hydrogen (secondary N) is 2. The van der Waals surface area contributed by atoms with E-state index in [2.05, 4.69) is 10.6 Å². The molecule has 0 atom stereocenters. The molecule has 3 aromatic carbocycles. The number of carbonyl (C=O) groups is 2. The first-order valence-electron chi connectivity index (χ1n) is 15.3. The van der Waals surface area contributed by atoms with Crippen LogP contribution in [0.4, 0.5) is 26.3 Å². The number of piperidine rings is 1. The third-order valence-electron chi connectivity index (χ3n) is 7.74. The van der Waals surface area contributed by atoms with Crippen LogP contribution >= 0.6 is 11.3 Å². The van der Waals surface area contributed by atoms with Crippen molar-refractivity contribution in [2.75, 3.05) is 20.2 Å². The third-order valence-corrected chi connectivity index (χ3v) is 11.2. The van der Waals surface area contributed by atoms with Gasteiger partial charge in [0, 0.05) is 41.7 Å². The van der Waals surface area contributed by atoms with Crippen molar-refractivity contribution in [3.05, 3.63) is 118 Å². The van der Waals surface area contributed by atoms with Crippen molar-refractivity contribution in [2.24, 2.45) is 5.73 Å². The number of rotatable bonds is 10. The number of thiophene rings is 1. The molecule has 1 fully saturated rings. The number of methoxy groups -OCH3 is 1. The second kappa shape index (κ2) is 16.7. The minimum absolute atomic E-state index is 0.0808. The van der Waals surface area contributed by atoms with E-state index in [0.717, 1.165) is 11.3 Å². The molecule has 0 saturated carbocycles. The second-order valence-corrected chi connectivity index (χ2v) is 14.7. The maximum atomic E-state index is 13.2. The van der Waals surface area contributed by atoms with Crippen LogP contribution in [-0.4, -0.2) is 50.8 Å². The maximum Gasteiger partial charge on any atom is 0.416 e. The van der Waals surface area contributed by atoms with Gasteiger partial charge in [0.05, 0.1) is 24.8 Å². The standard InChI is InChI=1S/C27H27F6N3O4S2.C7H7NO/c1-40-22-4-2-3-18(13-22)25(37)35-16-23-5-6-24(41-23)42(38,39)36-9-7-21(8-10-36)34-15-17-11-19(26(28,29)30)14-20(12-17)27(31,32)33;8-7(9)6-4-2-1-3-5-6/h2-6,11-14,21,34H,7-10,15-16H2,1H3,(H,35,37);1-5H,(H2,8,9). The molecule has 4 aromatic rings. The lowest BCUT2D eigenvalue weighted by Crippen LogP contribution is -2.44. The lowest BCUT2D eigenvalue weighted by Gasteiger charge is -2.31.